The average molecular weight is 429 g/mol. The van der Waals surface area contributed by atoms with Crippen LogP contribution in [0.2, 0.25) is 0 Å². The third-order valence-corrected chi connectivity index (χ3v) is 5.04. The van der Waals surface area contributed by atoms with Gasteiger partial charge in [-0.1, -0.05) is 18.1 Å². The van der Waals surface area contributed by atoms with Gasteiger partial charge in [0.25, 0.3) is 0 Å². The van der Waals surface area contributed by atoms with Gasteiger partial charge in [0.2, 0.25) is 0 Å². The van der Waals surface area contributed by atoms with Crippen molar-refractivity contribution in [2.75, 3.05) is 5.32 Å². The van der Waals surface area contributed by atoms with E-state index in [1.807, 2.05) is 0 Å². The molecule has 0 saturated heterocycles. The number of aliphatic hydroxyl groups is 1. The number of aromatic hydroxyl groups is 1. The molecule has 0 fully saturated rings. The molecule has 2 aromatic carbocycles. The van der Waals surface area contributed by atoms with Crippen LogP contribution in [0.3, 0.4) is 0 Å². The first-order valence-electron chi connectivity index (χ1n) is 9.50. The van der Waals surface area contributed by atoms with Crippen LogP contribution < -0.4 is 5.32 Å². The van der Waals surface area contributed by atoms with Crippen LogP contribution in [-0.2, 0) is 5.92 Å². The molecule has 3 aromatic rings. The van der Waals surface area contributed by atoms with Gasteiger partial charge in [-0.2, -0.15) is 8.78 Å². The van der Waals surface area contributed by atoms with Crippen LogP contribution in [-0.4, -0.2) is 25.8 Å². The Kier molecular flexibility index (Phi) is 5.59. The number of fused-ring (bicyclic) bond motifs is 1. The number of alkyl halides is 2. The zero-order chi connectivity index (χ0) is 23.1. The summed E-state index contributed by atoms with van der Waals surface area (Å²) < 4.78 is 44.3. The molecule has 0 unspecified atom stereocenters. The van der Waals surface area contributed by atoms with Crippen LogP contribution in [0.1, 0.15) is 49.3 Å². The van der Waals surface area contributed by atoms with Gasteiger partial charge < -0.3 is 15.5 Å². The Bertz CT molecular complexity index is 1200. The predicted molar refractivity (Wildman–Crippen MR) is 113 cm³/mol. The SMILES string of the molecule is C#Cc1cc2nc(C)nc(N[C@H](C)c3cccc(C(F)(F)C(C)(C)O)c3F)c2cc1O. The van der Waals surface area contributed by atoms with E-state index in [-0.39, 0.29) is 22.7 Å². The highest BCUT2D eigenvalue weighted by Gasteiger charge is 2.49. The van der Waals surface area contributed by atoms with Crippen molar-refractivity contribution >= 4 is 16.7 Å². The highest BCUT2D eigenvalue weighted by atomic mass is 19.3. The number of halogens is 3. The molecule has 0 amide bonds. The quantitative estimate of drug-likeness (QED) is 0.508. The Hall–Kier alpha value is -3.31. The minimum absolute atomic E-state index is 0.0321. The van der Waals surface area contributed by atoms with Crippen molar-refractivity contribution in [1.82, 2.24) is 9.97 Å². The fraction of sp³-hybridized carbons (Fsp3) is 0.304. The van der Waals surface area contributed by atoms with Crippen LogP contribution in [0.25, 0.3) is 10.9 Å². The summed E-state index contributed by atoms with van der Waals surface area (Å²) in [5.74, 6) is -2.02. The number of terminal acetylenes is 1. The first kappa shape index (κ1) is 22.4. The van der Waals surface area contributed by atoms with Gasteiger partial charge >= 0.3 is 5.92 Å². The van der Waals surface area contributed by atoms with Crippen molar-refractivity contribution in [1.29, 1.82) is 0 Å². The predicted octanol–water partition coefficient (Wildman–Crippen LogP) is 4.80. The van der Waals surface area contributed by atoms with Crippen molar-refractivity contribution in [2.45, 2.75) is 45.3 Å². The zero-order valence-electron chi connectivity index (χ0n) is 17.5. The largest absolute Gasteiger partial charge is 0.507 e. The molecule has 0 saturated carbocycles. The van der Waals surface area contributed by atoms with Crippen molar-refractivity contribution in [3.05, 3.63) is 58.7 Å². The number of aryl methyl sites for hydroxylation is 1. The van der Waals surface area contributed by atoms with E-state index in [0.29, 0.717) is 16.7 Å². The highest BCUT2D eigenvalue weighted by Crippen LogP contribution is 2.41. The number of phenols is 1. The molecule has 0 aliphatic carbocycles. The molecule has 0 aliphatic rings. The van der Waals surface area contributed by atoms with E-state index in [0.717, 1.165) is 19.9 Å². The van der Waals surface area contributed by atoms with Crippen LogP contribution in [0.5, 0.6) is 5.75 Å². The molecule has 1 atom stereocenters. The number of nitrogens with zero attached hydrogens (tertiary/aromatic N) is 2. The number of benzene rings is 2. The summed E-state index contributed by atoms with van der Waals surface area (Å²) in [4.78, 5) is 8.61. The first-order valence-corrected chi connectivity index (χ1v) is 9.50. The van der Waals surface area contributed by atoms with E-state index in [1.165, 1.54) is 24.3 Å². The lowest BCUT2D eigenvalue weighted by Gasteiger charge is -2.30. The standard InChI is InChI=1S/C23H22F3N3O2/c1-6-14-10-18-16(11-19(14)30)21(29-13(3)28-18)27-12(2)15-8-7-9-17(20(15)24)23(25,26)22(4,5)31/h1,7-12,30-31H,2-5H3,(H,27,28,29)/t12-/m1/s1. The van der Waals surface area contributed by atoms with Gasteiger partial charge in [0.05, 0.1) is 22.7 Å². The minimum atomic E-state index is -3.80. The molecule has 3 N–H and O–H groups in total. The van der Waals surface area contributed by atoms with E-state index < -0.39 is 28.9 Å². The van der Waals surface area contributed by atoms with E-state index >= 15 is 4.39 Å². The molecule has 8 heteroatoms. The molecule has 3 rings (SSSR count). The molecule has 0 bridgehead atoms. The van der Waals surface area contributed by atoms with E-state index in [2.05, 4.69) is 21.2 Å². The second-order valence-electron chi connectivity index (χ2n) is 7.86. The third-order valence-electron chi connectivity index (χ3n) is 5.04. The average Bonchev–Trinajstić information content (AvgIpc) is 2.67. The Morgan fingerprint density at radius 2 is 1.87 bits per heavy atom. The molecule has 0 aliphatic heterocycles. The molecule has 1 aromatic heterocycles. The molecule has 1 heterocycles. The van der Waals surface area contributed by atoms with E-state index in [4.69, 9.17) is 6.42 Å². The summed E-state index contributed by atoms with van der Waals surface area (Å²) in [6.07, 6.45) is 5.38. The minimum Gasteiger partial charge on any atom is -0.507 e. The Morgan fingerprint density at radius 3 is 2.48 bits per heavy atom. The van der Waals surface area contributed by atoms with Gasteiger partial charge in [0.15, 0.2) is 0 Å². The normalized spacial score (nSPS) is 13.1. The van der Waals surface area contributed by atoms with Crippen molar-refractivity contribution in [3.8, 4) is 18.1 Å². The maximum Gasteiger partial charge on any atom is 0.303 e. The van der Waals surface area contributed by atoms with Crippen molar-refractivity contribution < 1.29 is 23.4 Å². The smallest absolute Gasteiger partial charge is 0.303 e. The first-order chi connectivity index (χ1) is 14.4. The summed E-state index contributed by atoms with van der Waals surface area (Å²) >= 11 is 0. The molecule has 162 valence electrons. The molecular formula is C23H22F3N3O2. The number of hydrogen-bond acceptors (Lipinski definition) is 5. The van der Waals surface area contributed by atoms with Crippen LogP contribution >= 0.6 is 0 Å². The van der Waals surface area contributed by atoms with Crippen molar-refractivity contribution in [3.63, 3.8) is 0 Å². The Balaban J connectivity index is 2.06. The van der Waals surface area contributed by atoms with Crippen LogP contribution in [0.15, 0.2) is 30.3 Å². The van der Waals surface area contributed by atoms with Gasteiger partial charge in [0, 0.05) is 10.9 Å². The summed E-state index contributed by atoms with van der Waals surface area (Å²) in [5, 5.41) is 23.4. The Labute approximate surface area is 178 Å². The van der Waals surface area contributed by atoms with Gasteiger partial charge in [0.1, 0.15) is 28.8 Å². The molecule has 0 radical (unpaired) electrons. The fourth-order valence-corrected chi connectivity index (χ4v) is 3.25. The molecule has 31 heavy (non-hydrogen) atoms. The number of aromatic nitrogens is 2. The number of phenolic OH excluding ortho intramolecular Hbond substituents is 1. The topological polar surface area (TPSA) is 78.3 Å². The fourth-order valence-electron chi connectivity index (χ4n) is 3.25. The summed E-state index contributed by atoms with van der Waals surface area (Å²) in [6, 6.07) is 5.78. The zero-order valence-corrected chi connectivity index (χ0v) is 17.5. The second-order valence-corrected chi connectivity index (χ2v) is 7.86. The monoisotopic (exact) mass is 429 g/mol. The summed E-state index contributed by atoms with van der Waals surface area (Å²) in [7, 11) is 0. The molecule has 5 nitrogen and oxygen atoms in total. The van der Waals surface area contributed by atoms with Crippen molar-refractivity contribution in [2.24, 2.45) is 0 Å². The number of hydrogen-bond donors (Lipinski definition) is 3. The second kappa shape index (κ2) is 7.75. The Morgan fingerprint density at radius 1 is 1.19 bits per heavy atom. The highest BCUT2D eigenvalue weighted by molar-refractivity contribution is 5.91. The van der Waals surface area contributed by atoms with Gasteiger partial charge in [-0.05, 0) is 45.9 Å². The maximum absolute atomic E-state index is 15.1. The summed E-state index contributed by atoms with van der Waals surface area (Å²) in [6.45, 7) is 5.09. The summed E-state index contributed by atoms with van der Waals surface area (Å²) in [5.41, 5.74) is -2.65. The van der Waals surface area contributed by atoms with Gasteiger partial charge in [-0.15, -0.1) is 6.42 Å². The van der Waals surface area contributed by atoms with Gasteiger partial charge in [-0.25, -0.2) is 14.4 Å². The van der Waals surface area contributed by atoms with Crippen LogP contribution in [0, 0.1) is 25.1 Å². The maximum atomic E-state index is 15.1. The van der Waals surface area contributed by atoms with Crippen LogP contribution in [0.4, 0.5) is 19.0 Å². The number of nitrogens with one attached hydrogen (secondary N) is 1. The van der Waals surface area contributed by atoms with Gasteiger partial charge in [-0.3, -0.25) is 0 Å². The van der Waals surface area contributed by atoms with E-state index in [1.54, 1.807) is 13.8 Å². The molecular weight excluding hydrogens is 407 g/mol. The lowest BCUT2D eigenvalue weighted by molar-refractivity contribution is -0.170. The lowest BCUT2D eigenvalue weighted by Crippen LogP contribution is -2.41. The molecule has 0 spiro atoms. The number of anilines is 1. The number of rotatable bonds is 5. The lowest BCUT2D eigenvalue weighted by atomic mass is 9.91. The van der Waals surface area contributed by atoms with E-state index in [9.17, 15) is 19.0 Å². The third kappa shape index (κ3) is 4.01.